The molecule has 112 valence electrons. The molecule has 4 nitrogen and oxygen atoms in total. The van der Waals surface area contributed by atoms with Gasteiger partial charge in [0.2, 0.25) is 5.91 Å². The Morgan fingerprint density at radius 1 is 1.05 bits per heavy atom. The van der Waals surface area contributed by atoms with Crippen molar-refractivity contribution in [2.45, 2.75) is 53.0 Å². The van der Waals surface area contributed by atoms with Crippen LogP contribution in [-0.2, 0) is 9.59 Å². The molecular formula is C16H25NO3. The summed E-state index contributed by atoms with van der Waals surface area (Å²) in [4.78, 5) is 24.0. The zero-order chi connectivity index (χ0) is 14.9. The summed E-state index contributed by atoms with van der Waals surface area (Å²) in [5, 5.41) is 12.5. The van der Waals surface area contributed by atoms with Gasteiger partial charge in [0.05, 0.1) is 5.92 Å². The van der Waals surface area contributed by atoms with Gasteiger partial charge in [-0.3, -0.25) is 9.59 Å². The van der Waals surface area contributed by atoms with Crippen LogP contribution in [0.3, 0.4) is 0 Å². The van der Waals surface area contributed by atoms with Crippen LogP contribution < -0.4 is 5.32 Å². The molecule has 20 heavy (non-hydrogen) atoms. The van der Waals surface area contributed by atoms with Crippen LogP contribution in [0.1, 0.15) is 47.0 Å². The van der Waals surface area contributed by atoms with Crippen LogP contribution in [0.2, 0.25) is 0 Å². The van der Waals surface area contributed by atoms with Crippen molar-refractivity contribution >= 4 is 11.9 Å². The second kappa shape index (κ2) is 3.99. The topological polar surface area (TPSA) is 66.4 Å². The molecule has 2 bridgehead atoms. The van der Waals surface area contributed by atoms with Gasteiger partial charge in [0.1, 0.15) is 0 Å². The van der Waals surface area contributed by atoms with Crippen LogP contribution in [0, 0.1) is 34.5 Å². The number of hydrogen-bond acceptors (Lipinski definition) is 2. The van der Waals surface area contributed by atoms with Crippen LogP contribution in [-0.4, -0.2) is 23.0 Å². The Morgan fingerprint density at radius 3 is 2.10 bits per heavy atom. The number of hydrogen-bond donors (Lipinski definition) is 2. The summed E-state index contributed by atoms with van der Waals surface area (Å²) in [7, 11) is 0. The second-order valence-corrected chi connectivity index (χ2v) is 8.11. The van der Waals surface area contributed by atoms with Gasteiger partial charge in [-0.2, -0.15) is 0 Å². The number of fused-ring (bicyclic) bond motifs is 2. The molecule has 4 atom stereocenters. The fraction of sp³-hybridized carbons (Fsp3) is 0.875. The summed E-state index contributed by atoms with van der Waals surface area (Å²) in [6.45, 7) is 8.47. The van der Waals surface area contributed by atoms with E-state index in [9.17, 15) is 14.7 Å². The first-order chi connectivity index (χ1) is 9.18. The van der Waals surface area contributed by atoms with Crippen LogP contribution in [0.25, 0.3) is 0 Å². The molecule has 0 aliphatic heterocycles. The minimum atomic E-state index is -0.739. The van der Waals surface area contributed by atoms with Crippen molar-refractivity contribution in [3.8, 4) is 0 Å². The van der Waals surface area contributed by atoms with Crippen molar-refractivity contribution in [3.63, 3.8) is 0 Å². The van der Waals surface area contributed by atoms with E-state index in [2.05, 4.69) is 33.0 Å². The van der Waals surface area contributed by atoms with E-state index < -0.39 is 5.97 Å². The van der Waals surface area contributed by atoms with E-state index >= 15 is 0 Å². The highest BCUT2D eigenvalue weighted by atomic mass is 16.4. The van der Waals surface area contributed by atoms with Gasteiger partial charge in [0.25, 0.3) is 0 Å². The van der Waals surface area contributed by atoms with Gasteiger partial charge in [-0.1, -0.05) is 27.7 Å². The van der Waals surface area contributed by atoms with E-state index in [1.807, 2.05) is 0 Å². The van der Waals surface area contributed by atoms with Gasteiger partial charge in [0, 0.05) is 12.0 Å². The number of carboxylic acids is 1. The molecule has 0 aromatic heterocycles. The molecule has 4 unspecified atom stereocenters. The Morgan fingerprint density at radius 2 is 1.60 bits per heavy atom. The summed E-state index contributed by atoms with van der Waals surface area (Å²) >= 11 is 0. The molecule has 2 N–H and O–H groups in total. The fourth-order valence-corrected chi connectivity index (χ4v) is 4.95. The molecule has 3 aliphatic carbocycles. The summed E-state index contributed by atoms with van der Waals surface area (Å²) < 4.78 is 0. The average molecular weight is 279 g/mol. The first kappa shape index (κ1) is 13.9. The number of carbonyl (C=O) groups is 2. The van der Waals surface area contributed by atoms with Crippen molar-refractivity contribution < 1.29 is 14.7 Å². The lowest BCUT2D eigenvalue weighted by molar-refractivity contribution is -0.144. The first-order valence-corrected chi connectivity index (χ1v) is 7.71. The SMILES string of the molecule is CC1(C)C(C(=O)NC2C3CCC(C3)C2C(=O)O)C1(C)C. The third-order valence-electron chi connectivity index (χ3n) is 6.79. The van der Waals surface area contributed by atoms with Crippen molar-refractivity contribution in [2.24, 2.45) is 34.5 Å². The quantitative estimate of drug-likeness (QED) is 0.833. The van der Waals surface area contributed by atoms with Gasteiger partial charge in [-0.15, -0.1) is 0 Å². The van der Waals surface area contributed by atoms with E-state index in [-0.39, 0.29) is 40.5 Å². The highest BCUT2D eigenvalue weighted by molar-refractivity contribution is 5.85. The normalized spacial score (nSPS) is 40.6. The minimum absolute atomic E-state index is 0.00331. The maximum atomic E-state index is 12.5. The predicted molar refractivity (Wildman–Crippen MR) is 74.9 cm³/mol. The van der Waals surface area contributed by atoms with E-state index in [1.165, 1.54) is 0 Å². The van der Waals surface area contributed by atoms with Crippen LogP contribution in [0.5, 0.6) is 0 Å². The predicted octanol–water partition coefficient (Wildman–Crippen LogP) is 2.28. The lowest BCUT2D eigenvalue weighted by Gasteiger charge is -2.29. The zero-order valence-corrected chi connectivity index (χ0v) is 12.8. The number of aliphatic carboxylic acids is 1. The number of amides is 1. The Labute approximate surface area is 120 Å². The molecule has 4 heteroatoms. The number of carboxylic acid groups (broad SMARTS) is 1. The van der Waals surface area contributed by atoms with Crippen LogP contribution >= 0.6 is 0 Å². The molecular weight excluding hydrogens is 254 g/mol. The largest absolute Gasteiger partial charge is 0.481 e. The molecule has 0 saturated heterocycles. The molecule has 3 rings (SSSR count). The van der Waals surface area contributed by atoms with E-state index in [1.54, 1.807) is 0 Å². The fourth-order valence-electron chi connectivity index (χ4n) is 4.95. The summed E-state index contributed by atoms with van der Waals surface area (Å²) in [5.74, 6) is -0.412. The summed E-state index contributed by atoms with van der Waals surface area (Å²) in [6.07, 6.45) is 3.05. The minimum Gasteiger partial charge on any atom is -0.481 e. The number of rotatable bonds is 3. The molecule has 0 spiro atoms. The number of nitrogens with one attached hydrogen (secondary N) is 1. The second-order valence-electron chi connectivity index (χ2n) is 8.11. The third kappa shape index (κ3) is 1.66. The van der Waals surface area contributed by atoms with Gasteiger partial charge in [0.15, 0.2) is 0 Å². The molecule has 3 fully saturated rings. The first-order valence-electron chi connectivity index (χ1n) is 7.71. The van der Waals surface area contributed by atoms with Gasteiger partial charge in [-0.05, 0) is 41.9 Å². The molecule has 0 radical (unpaired) electrons. The zero-order valence-electron chi connectivity index (χ0n) is 12.8. The summed E-state index contributed by atoms with van der Waals surface area (Å²) in [5.41, 5.74) is 0.0147. The molecule has 0 heterocycles. The van der Waals surface area contributed by atoms with Crippen LogP contribution in [0.4, 0.5) is 0 Å². The molecule has 3 saturated carbocycles. The van der Waals surface area contributed by atoms with E-state index in [0.717, 1.165) is 19.3 Å². The average Bonchev–Trinajstić information content (AvgIpc) is 2.74. The smallest absolute Gasteiger partial charge is 0.308 e. The Kier molecular flexibility index (Phi) is 2.77. The van der Waals surface area contributed by atoms with Gasteiger partial charge in [-0.25, -0.2) is 0 Å². The highest BCUT2D eigenvalue weighted by Crippen LogP contribution is 2.68. The monoisotopic (exact) mass is 279 g/mol. The van der Waals surface area contributed by atoms with Crippen molar-refractivity contribution in [3.05, 3.63) is 0 Å². The van der Waals surface area contributed by atoms with Gasteiger partial charge < -0.3 is 10.4 Å². The van der Waals surface area contributed by atoms with Crippen molar-refractivity contribution in [2.75, 3.05) is 0 Å². The Bertz CT molecular complexity index is 454. The standard InChI is InChI=1S/C16H25NO3/c1-15(2)12(16(15,3)4)13(18)17-11-9-6-5-8(7-9)10(11)14(19)20/h8-12H,5-7H2,1-4H3,(H,17,18)(H,19,20). The molecule has 1 amide bonds. The summed E-state index contributed by atoms with van der Waals surface area (Å²) in [6, 6.07) is -0.147. The Hall–Kier alpha value is -1.06. The van der Waals surface area contributed by atoms with Crippen molar-refractivity contribution in [1.29, 1.82) is 0 Å². The maximum Gasteiger partial charge on any atom is 0.308 e. The lowest BCUT2D eigenvalue weighted by atomic mass is 9.84. The molecule has 3 aliphatic rings. The number of carbonyl (C=O) groups excluding carboxylic acids is 1. The van der Waals surface area contributed by atoms with E-state index in [0.29, 0.717) is 5.92 Å². The highest BCUT2D eigenvalue weighted by Gasteiger charge is 2.68. The van der Waals surface area contributed by atoms with Gasteiger partial charge >= 0.3 is 5.97 Å². The molecule has 0 aromatic rings. The molecule has 0 aromatic carbocycles. The van der Waals surface area contributed by atoms with Crippen LogP contribution in [0.15, 0.2) is 0 Å². The maximum absolute atomic E-state index is 12.5. The lowest BCUT2D eigenvalue weighted by Crippen LogP contribution is -2.47. The van der Waals surface area contributed by atoms with Crippen molar-refractivity contribution in [1.82, 2.24) is 5.32 Å². The third-order valence-corrected chi connectivity index (χ3v) is 6.79. The Balaban J connectivity index is 1.72. The van der Waals surface area contributed by atoms with E-state index in [4.69, 9.17) is 0 Å².